The van der Waals surface area contributed by atoms with Gasteiger partial charge in [-0.1, -0.05) is 27.7 Å². The molecule has 2 heteroatoms. The van der Waals surface area contributed by atoms with E-state index in [4.69, 9.17) is 0 Å². The van der Waals surface area contributed by atoms with Gasteiger partial charge in [0.2, 0.25) is 0 Å². The van der Waals surface area contributed by atoms with Crippen LogP contribution in [0.3, 0.4) is 0 Å². The number of hydrogen-bond donors (Lipinski definition) is 0. The summed E-state index contributed by atoms with van der Waals surface area (Å²) in [4.78, 5) is 0. The highest BCUT2D eigenvalue weighted by molar-refractivity contribution is 5.38. The van der Waals surface area contributed by atoms with Gasteiger partial charge < -0.3 is 0 Å². The number of hydrogen-bond acceptors (Lipinski definition) is 2. The molecule has 2 rings (SSSR count). The molecule has 0 aliphatic heterocycles. The van der Waals surface area contributed by atoms with Crippen molar-refractivity contribution in [2.24, 2.45) is 0 Å². The monoisotopic (exact) mass is 176 g/mol. The van der Waals surface area contributed by atoms with E-state index in [9.17, 15) is 0 Å². The summed E-state index contributed by atoms with van der Waals surface area (Å²) in [5.41, 5.74) is 2.99. The van der Waals surface area contributed by atoms with E-state index in [-0.39, 0.29) is 10.8 Å². The van der Waals surface area contributed by atoms with Crippen LogP contribution in [0.5, 0.6) is 0 Å². The fourth-order valence-electron chi connectivity index (χ4n) is 2.66. The molecular formula is C11H16N2. The highest BCUT2D eigenvalue weighted by Gasteiger charge is 2.43. The summed E-state index contributed by atoms with van der Waals surface area (Å²) in [6, 6.07) is 2.11. The van der Waals surface area contributed by atoms with Crippen molar-refractivity contribution in [1.82, 2.24) is 10.2 Å². The first-order valence-electron chi connectivity index (χ1n) is 4.76. The predicted octanol–water partition coefficient (Wildman–Crippen LogP) is 2.44. The summed E-state index contributed by atoms with van der Waals surface area (Å²) < 4.78 is 0. The van der Waals surface area contributed by atoms with Gasteiger partial charge in [0, 0.05) is 11.6 Å². The first-order chi connectivity index (χ1) is 5.93. The van der Waals surface area contributed by atoms with Crippen molar-refractivity contribution < 1.29 is 0 Å². The summed E-state index contributed by atoms with van der Waals surface area (Å²) in [6.07, 6.45) is 2.95. The molecule has 0 spiro atoms. The summed E-state index contributed by atoms with van der Waals surface area (Å²) in [6.45, 7) is 9.05. The molecule has 1 heterocycles. The van der Waals surface area contributed by atoms with Crippen molar-refractivity contribution in [3.8, 4) is 0 Å². The van der Waals surface area contributed by atoms with Gasteiger partial charge in [-0.05, 0) is 23.5 Å². The van der Waals surface area contributed by atoms with E-state index in [2.05, 4.69) is 44.0 Å². The van der Waals surface area contributed by atoms with Gasteiger partial charge in [-0.3, -0.25) is 0 Å². The van der Waals surface area contributed by atoms with Crippen LogP contribution < -0.4 is 0 Å². The van der Waals surface area contributed by atoms with Crippen molar-refractivity contribution >= 4 is 0 Å². The third kappa shape index (κ3) is 1.16. The molecule has 0 atom stereocenters. The zero-order valence-corrected chi connectivity index (χ0v) is 8.76. The second-order valence-corrected chi connectivity index (χ2v) is 5.24. The molecule has 0 N–H and O–H groups in total. The lowest BCUT2D eigenvalue weighted by Gasteiger charge is -2.21. The molecule has 1 aromatic heterocycles. The Hall–Kier alpha value is -0.920. The predicted molar refractivity (Wildman–Crippen MR) is 52.7 cm³/mol. The van der Waals surface area contributed by atoms with Crippen LogP contribution in [0.4, 0.5) is 0 Å². The first-order valence-corrected chi connectivity index (χ1v) is 4.76. The van der Waals surface area contributed by atoms with Gasteiger partial charge in [0.25, 0.3) is 0 Å². The van der Waals surface area contributed by atoms with Crippen LogP contribution in [0.25, 0.3) is 0 Å². The molecule has 1 aliphatic carbocycles. The SMILES string of the molecule is CC1(C)CC(C)(C)c2nnccc21. The van der Waals surface area contributed by atoms with Crippen molar-refractivity contribution in [2.45, 2.75) is 44.9 Å². The molecule has 0 amide bonds. The van der Waals surface area contributed by atoms with Crippen LogP contribution in [-0.4, -0.2) is 10.2 Å². The molecular weight excluding hydrogens is 160 g/mol. The van der Waals surface area contributed by atoms with Crippen molar-refractivity contribution in [3.63, 3.8) is 0 Å². The highest BCUT2D eigenvalue weighted by Crippen LogP contribution is 2.47. The fourth-order valence-corrected chi connectivity index (χ4v) is 2.66. The van der Waals surface area contributed by atoms with Gasteiger partial charge in [0.15, 0.2) is 0 Å². The molecule has 70 valence electrons. The highest BCUT2D eigenvalue weighted by atomic mass is 15.1. The van der Waals surface area contributed by atoms with Crippen molar-refractivity contribution in [2.75, 3.05) is 0 Å². The molecule has 2 nitrogen and oxygen atoms in total. The molecule has 0 radical (unpaired) electrons. The zero-order chi connectivity index (χ0) is 9.69. The third-order valence-electron chi connectivity index (χ3n) is 2.97. The number of rotatable bonds is 0. The fraction of sp³-hybridized carbons (Fsp3) is 0.636. The minimum absolute atomic E-state index is 0.188. The number of nitrogens with zero attached hydrogens (tertiary/aromatic N) is 2. The lowest BCUT2D eigenvalue weighted by atomic mass is 9.82. The van der Waals surface area contributed by atoms with Gasteiger partial charge in [0.1, 0.15) is 0 Å². The summed E-state index contributed by atoms with van der Waals surface area (Å²) in [5, 5.41) is 8.23. The van der Waals surface area contributed by atoms with Crippen LogP contribution in [0.15, 0.2) is 12.3 Å². The summed E-state index contributed by atoms with van der Waals surface area (Å²) in [5.74, 6) is 0. The molecule has 0 saturated heterocycles. The number of fused-ring (bicyclic) bond motifs is 1. The zero-order valence-electron chi connectivity index (χ0n) is 8.76. The summed E-state index contributed by atoms with van der Waals surface area (Å²) >= 11 is 0. The van der Waals surface area contributed by atoms with Gasteiger partial charge in [-0.25, -0.2) is 0 Å². The average Bonchev–Trinajstić information content (AvgIpc) is 2.20. The minimum Gasteiger partial charge on any atom is -0.159 e. The van der Waals surface area contributed by atoms with Crippen LogP contribution in [-0.2, 0) is 10.8 Å². The Morgan fingerprint density at radius 2 is 1.85 bits per heavy atom. The standard InChI is InChI=1S/C11H16N2/c1-10(2)7-11(3,4)9-8(10)5-6-12-13-9/h5-6H,7H2,1-4H3. The van der Waals surface area contributed by atoms with Crippen molar-refractivity contribution in [3.05, 3.63) is 23.5 Å². The third-order valence-corrected chi connectivity index (χ3v) is 2.97. The van der Waals surface area contributed by atoms with E-state index >= 15 is 0 Å². The maximum atomic E-state index is 4.26. The maximum absolute atomic E-state index is 4.26. The van der Waals surface area contributed by atoms with E-state index in [0.29, 0.717) is 0 Å². The van der Waals surface area contributed by atoms with E-state index in [1.807, 2.05) is 0 Å². The molecule has 0 fully saturated rings. The van der Waals surface area contributed by atoms with Gasteiger partial charge in [-0.2, -0.15) is 10.2 Å². The van der Waals surface area contributed by atoms with E-state index in [1.165, 1.54) is 11.3 Å². The van der Waals surface area contributed by atoms with Gasteiger partial charge >= 0.3 is 0 Å². The molecule has 13 heavy (non-hydrogen) atoms. The topological polar surface area (TPSA) is 25.8 Å². The van der Waals surface area contributed by atoms with E-state index in [0.717, 1.165) is 6.42 Å². The van der Waals surface area contributed by atoms with Gasteiger partial charge in [-0.15, -0.1) is 0 Å². The van der Waals surface area contributed by atoms with Crippen molar-refractivity contribution in [1.29, 1.82) is 0 Å². The quantitative estimate of drug-likeness (QED) is 0.606. The Morgan fingerprint density at radius 3 is 2.46 bits per heavy atom. The minimum atomic E-state index is 0.188. The molecule has 1 aliphatic rings. The lowest BCUT2D eigenvalue weighted by molar-refractivity contribution is 0.398. The maximum Gasteiger partial charge on any atom is 0.0724 e. The molecule has 0 saturated carbocycles. The number of aromatic nitrogens is 2. The van der Waals surface area contributed by atoms with Crippen LogP contribution >= 0.6 is 0 Å². The largest absolute Gasteiger partial charge is 0.159 e. The second-order valence-electron chi connectivity index (χ2n) is 5.24. The van der Waals surface area contributed by atoms with E-state index < -0.39 is 0 Å². The molecule has 1 aromatic rings. The molecule has 0 bridgehead atoms. The van der Waals surface area contributed by atoms with E-state index in [1.54, 1.807) is 6.20 Å². The first kappa shape index (κ1) is 8.67. The van der Waals surface area contributed by atoms with Crippen LogP contribution in [0, 0.1) is 0 Å². The average molecular weight is 176 g/mol. The Bertz CT molecular complexity index is 307. The van der Waals surface area contributed by atoms with Crippen LogP contribution in [0.1, 0.15) is 45.4 Å². The Labute approximate surface area is 79.4 Å². The lowest BCUT2D eigenvalue weighted by Crippen LogP contribution is -2.18. The molecule has 0 unspecified atom stereocenters. The smallest absolute Gasteiger partial charge is 0.0724 e. The molecule has 0 aromatic carbocycles. The summed E-state index contributed by atoms with van der Waals surface area (Å²) in [7, 11) is 0. The van der Waals surface area contributed by atoms with Crippen LogP contribution in [0.2, 0.25) is 0 Å². The Balaban J connectivity index is 2.64. The Kier molecular flexibility index (Phi) is 1.54. The Morgan fingerprint density at radius 1 is 1.15 bits per heavy atom. The normalized spacial score (nSPS) is 22.8. The van der Waals surface area contributed by atoms with Gasteiger partial charge in [0.05, 0.1) is 5.69 Å². The second kappa shape index (κ2) is 2.31.